The van der Waals surface area contributed by atoms with E-state index in [4.69, 9.17) is 17.3 Å². The van der Waals surface area contributed by atoms with Gasteiger partial charge in [0.2, 0.25) is 0 Å². The van der Waals surface area contributed by atoms with E-state index in [1.165, 1.54) is 23.1 Å². The summed E-state index contributed by atoms with van der Waals surface area (Å²) in [7, 11) is 0. The highest BCUT2D eigenvalue weighted by Crippen LogP contribution is 2.43. The lowest BCUT2D eigenvalue weighted by Crippen LogP contribution is -2.25. The standard InChI is InChI=1S/C14H14ClN3OS2/c15-11-3-1-2-9(5-16)14(11)21-12(4-10(17)7-19)13-6-18-8-20-13/h1-3,6,8,10,12,19H,4,7,17H2/t10-,12+/m0/s1. The molecule has 0 fully saturated rings. The van der Waals surface area contributed by atoms with Gasteiger partial charge in [-0.3, -0.25) is 4.98 Å². The maximum Gasteiger partial charge on any atom is 0.100 e. The SMILES string of the molecule is N#Cc1cccc(Cl)c1S[C@H](C[C@H](N)CO)c1cncs1. The zero-order chi connectivity index (χ0) is 15.2. The van der Waals surface area contributed by atoms with Crippen molar-refractivity contribution in [2.45, 2.75) is 22.6 Å². The highest BCUT2D eigenvalue weighted by Gasteiger charge is 2.21. The highest BCUT2D eigenvalue weighted by atomic mass is 35.5. The van der Waals surface area contributed by atoms with Crippen molar-refractivity contribution in [2.24, 2.45) is 5.73 Å². The summed E-state index contributed by atoms with van der Waals surface area (Å²) in [5, 5.41) is 18.9. The maximum atomic E-state index is 9.22. The second kappa shape index (κ2) is 7.78. The smallest absolute Gasteiger partial charge is 0.100 e. The molecule has 0 aliphatic carbocycles. The lowest BCUT2D eigenvalue weighted by Gasteiger charge is -2.19. The second-order valence-electron chi connectivity index (χ2n) is 4.42. The molecule has 110 valence electrons. The molecule has 3 N–H and O–H groups in total. The van der Waals surface area contributed by atoms with Gasteiger partial charge in [-0.25, -0.2) is 0 Å². The van der Waals surface area contributed by atoms with Gasteiger partial charge in [0.15, 0.2) is 0 Å². The molecule has 1 aromatic heterocycles. The number of hydrogen-bond acceptors (Lipinski definition) is 6. The lowest BCUT2D eigenvalue weighted by molar-refractivity contribution is 0.260. The predicted octanol–water partition coefficient (Wildman–Crippen LogP) is 3.21. The molecule has 0 unspecified atom stereocenters. The molecule has 1 heterocycles. The van der Waals surface area contributed by atoms with E-state index in [1.807, 2.05) is 0 Å². The molecule has 2 atom stereocenters. The number of nitriles is 1. The number of aliphatic hydroxyl groups is 1. The molecule has 0 saturated heterocycles. The van der Waals surface area contributed by atoms with Crippen molar-refractivity contribution < 1.29 is 5.11 Å². The molecular formula is C14H14ClN3OS2. The minimum absolute atomic E-state index is 0.00616. The van der Waals surface area contributed by atoms with Crippen LogP contribution in [0.15, 0.2) is 34.8 Å². The monoisotopic (exact) mass is 339 g/mol. The first kappa shape index (κ1) is 16.3. The van der Waals surface area contributed by atoms with E-state index < -0.39 is 0 Å². The summed E-state index contributed by atoms with van der Waals surface area (Å²) in [5.41, 5.74) is 8.16. The molecule has 21 heavy (non-hydrogen) atoms. The highest BCUT2D eigenvalue weighted by molar-refractivity contribution is 7.99. The topological polar surface area (TPSA) is 82.9 Å². The molecular weight excluding hydrogens is 326 g/mol. The number of halogens is 1. The Bertz CT molecular complexity index is 628. The van der Waals surface area contributed by atoms with E-state index >= 15 is 0 Å². The van der Waals surface area contributed by atoms with Gasteiger partial charge in [-0.15, -0.1) is 23.1 Å². The van der Waals surface area contributed by atoms with Crippen LogP contribution in [0.1, 0.15) is 22.1 Å². The zero-order valence-corrected chi connectivity index (χ0v) is 13.5. The van der Waals surface area contributed by atoms with Gasteiger partial charge in [0.25, 0.3) is 0 Å². The number of nitrogens with two attached hydrogens (primary N) is 1. The Labute approximate surface area is 136 Å². The third-order valence-corrected chi connectivity index (χ3v) is 5.74. The summed E-state index contributed by atoms with van der Waals surface area (Å²) in [6.07, 6.45) is 2.37. The van der Waals surface area contributed by atoms with Gasteiger partial charge in [0, 0.05) is 27.3 Å². The Hall–Kier alpha value is -1.10. The van der Waals surface area contributed by atoms with Crippen LogP contribution in [0.3, 0.4) is 0 Å². The first-order valence-corrected chi connectivity index (χ1v) is 8.39. The average molecular weight is 340 g/mol. The van der Waals surface area contributed by atoms with Crippen molar-refractivity contribution >= 4 is 34.7 Å². The number of thioether (sulfide) groups is 1. The molecule has 1 aromatic carbocycles. The Kier molecular flexibility index (Phi) is 6.03. The van der Waals surface area contributed by atoms with Crippen molar-refractivity contribution in [3.8, 4) is 6.07 Å². The lowest BCUT2D eigenvalue weighted by atomic mass is 10.1. The fourth-order valence-electron chi connectivity index (χ4n) is 1.82. The quantitative estimate of drug-likeness (QED) is 0.789. The molecule has 4 nitrogen and oxygen atoms in total. The number of rotatable bonds is 6. The van der Waals surface area contributed by atoms with E-state index in [2.05, 4.69) is 11.1 Å². The van der Waals surface area contributed by atoms with Crippen LogP contribution in [0.5, 0.6) is 0 Å². The van der Waals surface area contributed by atoms with E-state index in [-0.39, 0.29) is 17.9 Å². The van der Waals surface area contributed by atoms with Crippen LogP contribution in [0.4, 0.5) is 0 Å². The van der Waals surface area contributed by atoms with Crippen molar-refractivity contribution in [2.75, 3.05) is 6.61 Å². The Morgan fingerprint density at radius 3 is 2.95 bits per heavy atom. The van der Waals surface area contributed by atoms with Gasteiger partial charge in [0.1, 0.15) is 6.07 Å². The van der Waals surface area contributed by atoms with Crippen LogP contribution in [-0.4, -0.2) is 22.7 Å². The van der Waals surface area contributed by atoms with Crippen LogP contribution >= 0.6 is 34.7 Å². The fraction of sp³-hybridized carbons (Fsp3) is 0.286. The summed E-state index contributed by atoms with van der Waals surface area (Å²) in [5.74, 6) is 0. The minimum Gasteiger partial charge on any atom is -0.395 e. The Morgan fingerprint density at radius 2 is 2.33 bits per heavy atom. The molecule has 2 aromatic rings. The first-order valence-electron chi connectivity index (χ1n) is 6.25. The zero-order valence-electron chi connectivity index (χ0n) is 11.1. The molecule has 0 spiro atoms. The molecule has 0 radical (unpaired) electrons. The summed E-state index contributed by atoms with van der Waals surface area (Å²) in [4.78, 5) is 5.88. The summed E-state index contributed by atoms with van der Waals surface area (Å²) in [6, 6.07) is 7.09. The van der Waals surface area contributed by atoms with Gasteiger partial charge in [-0.05, 0) is 18.6 Å². The van der Waals surface area contributed by atoms with Crippen molar-refractivity contribution in [3.05, 3.63) is 45.4 Å². The normalized spacial score (nSPS) is 13.6. The molecule has 7 heteroatoms. The number of nitrogens with zero attached hydrogens (tertiary/aromatic N) is 2. The largest absolute Gasteiger partial charge is 0.395 e. The Morgan fingerprint density at radius 1 is 1.52 bits per heavy atom. The maximum absolute atomic E-state index is 9.22. The van der Waals surface area contributed by atoms with Crippen molar-refractivity contribution in [1.82, 2.24) is 4.98 Å². The summed E-state index contributed by atoms with van der Waals surface area (Å²) in [6.45, 7) is -0.0799. The molecule has 2 rings (SSSR count). The van der Waals surface area contributed by atoms with Gasteiger partial charge in [-0.1, -0.05) is 17.7 Å². The predicted molar refractivity (Wildman–Crippen MR) is 86.6 cm³/mol. The van der Waals surface area contributed by atoms with E-state index in [9.17, 15) is 10.4 Å². The molecule has 0 aliphatic rings. The molecule has 0 aliphatic heterocycles. The van der Waals surface area contributed by atoms with Gasteiger partial charge < -0.3 is 10.8 Å². The molecule has 0 saturated carbocycles. The van der Waals surface area contributed by atoms with E-state index in [0.29, 0.717) is 17.0 Å². The number of thiazole rings is 1. The number of aromatic nitrogens is 1. The third-order valence-electron chi connectivity index (χ3n) is 2.87. The third kappa shape index (κ3) is 4.19. The van der Waals surface area contributed by atoms with Crippen molar-refractivity contribution in [3.63, 3.8) is 0 Å². The van der Waals surface area contributed by atoms with E-state index in [1.54, 1.807) is 29.9 Å². The fourth-order valence-corrected chi connectivity index (χ4v) is 4.27. The van der Waals surface area contributed by atoms with Gasteiger partial charge in [0.05, 0.1) is 22.7 Å². The first-order chi connectivity index (χ1) is 10.2. The van der Waals surface area contributed by atoms with Crippen molar-refractivity contribution in [1.29, 1.82) is 5.26 Å². The summed E-state index contributed by atoms with van der Waals surface area (Å²) >= 11 is 9.24. The molecule has 0 amide bonds. The number of hydrogen-bond donors (Lipinski definition) is 2. The van der Waals surface area contributed by atoms with Crippen LogP contribution in [0, 0.1) is 11.3 Å². The van der Waals surface area contributed by atoms with E-state index in [0.717, 1.165) is 9.77 Å². The van der Waals surface area contributed by atoms with Crippen LogP contribution in [-0.2, 0) is 0 Å². The minimum atomic E-state index is -0.322. The van der Waals surface area contributed by atoms with Crippen LogP contribution in [0.25, 0.3) is 0 Å². The van der Waals surface area contributed by atoms with Crippen LogP contribution < -0.4 is 5.73 Å². The second-order valence-corrected chi connectivity index (χ2v) is 6.96. The molecule has 0 bridgehead atoms. The average Bonchev–Trinajstić information content (AvgIpc) is 3.02. The van der Waals surface area contributed by atoms with Gasteiger partial charge in [-0.2, -0.15) is 5.26 Å². The van der Waals surface area contributed by atoms with Crippen LogP contribution in [0.2, 0.25) is 5.02 Å². The number of benzene rings is 1. The number of aliphatic hydroxyl groups excluding tert-OH is 1. The summed E-state index contributed by atoms with van der Waals surface area (Å²) < 4.78 is 0. The Balaban J connectivity index is 2.30. The van der Waals surface area contributed by atoms with Gasteiger partial charge >= 0.3 is 0 Å².